The van der Waals surface area contributed by atoms with Gasteiger partial charge in [0.05, 0.1) is 29.2 Å². The Hall–Kier alpha value is -3.52. The molecule has 8 nitrogen and oxygen atoms in total. The van der Waals surface area contributed by atoms with E-state index in [0.29, 0.717) is 17.6 Å². The van der Waals surface area contributed by atoms with Gasteiger partial charge in [0, 0.05) is 36.6 Å². The minimum atomic E-state index is 0.102. The first-order chi connectivity index (χ1) is 14.3. The number of hydrogen-bond donors (Lipinski definition) is 3. The van der Waals surface area contributed by atoms with E-state index in [-0.39, 0.29) is 5.75 Å². The molecule has 0 unspecified atom stereocenters. The maximum atomic E-state index is 9.86. The number of nitrogens with one attached hydrogen (secondary N) is 2. The maximum absolute atomic E-state index is 9.86. The maximum Gasteiger partial charge on any atom is 0.165 e. The SMILES string of the molecule is Oc1cncc(-c2cc(N[C@@H]3CCCNC3)nc(-c3cnn4ccccc34)n2)c1. The van der Waals surface area contributed by atoms with Gasteiger partial charge in [-0.05, 0) is 37.6 Å². The van der Waals surface area contributed by atoms with Crippen molar-refractivity contribution in [2.24, 2.45) is 0 Å². The van der Waals surface area contributed by atoms with Gasteiger partial charge in [-0.15, -0.1) is 0 Å². The van der Waals surface area contributed by atoms with Gasteiger partial charge in [-0.1, -0.05) is 6.07 Å². The first-order valence-electron chi connectivity index (χ1n) is 9.70. The Labute approximate surface area is 167 Å². The molecule has 1 fully saturated rings. The molecule has 1 atom stereocenters. The van der Waals surface area contributed by atoms with E-state index in [4.69, 9.17) is 9.97 Å². The summed E-state index contributed by atoms with van der Waals surface area (Å²) in [5.41, 5.74) is 3.21. The summed E-state index contributed by atoms with van der Waals surface area (Å²) in [4.78, 5) is 13.6. The lowest BCUT2D eigenvalue weighted by molar-refractivity contribution is 0.473. The second-order valence-corrected chi connectivity index (χ2v) is 7.17. The number of anilines is 1. The first-order valence-corrected chi connectivity index (χ1v) is 9.70. The molecule has 4 aromatic rings. The molecule has 1 aliphatic rings. The van der Waals surface area contributed by atoms with Crippen molar-refractivity contribution in [2.75, 3.05) is 18.4 Å². The Kier molecular flexibility index (Phi) is 4.53. The summed E-state index contributed by atoms with van der Waals surface area (Å²) in [5, 5.41) is 21.2. The zero-order valence-corrected chi connectivity index (χ0v) is 15.8. The molecule has 5 rings (SSSR count). The molecular weight excluding hydrogens is 366 g/mol. The van der Waals surface area contributed by atoms with Crippen molar-refractivity contribution in [1.82, 2.24) is 29.9 Å². The Morgan fingerprint density at radius 3 is 2.97 bits per heavy atom. The molecule has 8 heteroatoms. The van der Waals surface area contributed by atoms with Crippen LogP contribution in [0.25, 0.3) is 28.2 Å². The molecule has 0 saturated carbocycles. The standard InChI is InChI=1S/C21H21N7O/c29-16-8-14(10-23-12-16)18-9-20(25-15-4-3-6-22-11-15)27-21(26-18)17-13-24-28-7-2-1-5-19(17)28/h1-2,5,7-10,12-13,15,22,29H,3-4,6,11H2,(H,25,26,27)/t15-/m1/s1. The van der Waals surface area contributed by atoms with Crippen LogP contribution in [0.4, 0.5) is 5.82 Å². The van der Waals surface area contributed by atoms with Crippen molar-refractivity contribution in [3.8, 4) is 28.4 Å². The number of piperidine rings is 1. The van der Waals surface area contributed by atoms with Crippen molar-refractivity contribution in [3.05, 3.63) is 55.1 Å². The molecule has 0 spiro atoms. The van der Waals surface area contributed by atoms with Crippen LogP contribution in [0.2, 0.25) is 0 Å². The summed E-state index contributed by atoms with van der Waals surface area (Å²) in [6, 6.07) is 9.76. The lowest BCUT2D eigenvalue weighted by atomic mass is 10.1. The number of aromatic hydroxyl groups is 1. The average Bonchev–Trinajstić information content (AvgIpc) is 3.18. The highest BCUT2D eigenvalue weighted by atomic mass is 16.3. The van der Waals surface area contributed by atoms with E-state index >= 15 is 0 Å². The van der Waals surface area contributed by atoms with Gasteiger partial charge in [0.15, 0.2) is 5.82 Å². The molecule has 0 radical (unpaired) electrons. The molecule has 1 aliphatic heterocycles. The van der Waals surface area contributed by atoms with E-state index in [1.807, 2.05) is 30.5 Å². The fraction of sp³-hybridized carbons (Fsp3) is 0.238. The summed E-state index contributed by atoms with van der Waals surface area (Å²) < 4.78 is 1.80. The lowest BCUT2D eigenvalue weighted by Gasteiger charge is -2.24. The number of pyridine rings is 2. The van der Waals surface area contributed by atoms with Crippen molar-refractivity contribution < 1.29 is 5.11 Å². The van der Waals surface area contributed by atoms with Crippen LogP contribution in [0.3, 0.4) is 0 Å². The first kappa shape index (κ1) is 17.6. The van der Waals surface area contributed by atoms with Crippen LogP contribution < -0.4 is 10.6 Å². The van der Waals surface area contributed by atoms with Crippen molar-refractivity contribution in [3.63, 3.8) is 0 Å². The molecule has 146 valence electrons. The van der Waals surface area contributed by atoms with Crippen LogP contribution in [0.1, 0.15) is 12.8 Å². The number of hydrogen-bond acceptors (Lipinski definition) is 7. The highest BCUT2D eigenvalue weighted by Crippen LogP contribution is 2.28. The summed E-state index contributed by atoms with van der Waals surface area (Å²) in [7, 11) is 0. The van der Waals surface area contributed by atoms with Crippen molar-refractivity contribution >= 4 is 11.3 Å². The normalized spacial score (nSPS) is 16.8. The molecule has 3 N–H and O–H groups in total. The predicted molar refractivity (Wildman–Crippen MR) is 111 cm³/mol. The van der Waals surface area contributed by atoms with Crippen LogP contribution in [-0.4, -0.2) is 48.8 Å². The fourth-order valence-electron chi connectivity index (χ4n) is 3.65. The molecule has 0 aliphatic carbocycles. The van der Waals surface area contributed by atoms with Gasteiger partial charge in [0.25, 0.3) is 0 Å². The van der Waals surface area contributed by atoms with E-state index in [1.165, 1.54) is 6.20 Å². The molecular formula is C21H21N7O. The van der Waals surface area contributed by atoms with E-state index < -0.39 is 0 Å². The Balaban J connectivity index is 1.61. The van der Waals surface area contributed by atoms with E-state index in [9.17, 15) is 5.11 Å². The third kappa shape index (κ3) is 3.62. The van der Waals surface area contributed by atoms with Crippen LogP contribution in [0.15, 0.2) is 55.1 Å². The van der Waals surface area contributed by atoms with Gasteiger partial charge < -0.3 is 15.7 Å². The highest BCUT2D eigenvalue weighted by molar-refractivity contribution is 5.78. The van der Waals surface area contributed by atoms with Crippen molar-refractivity contribution in [2.45, 2.75) is 18.9 Å². The lowest BCUT2D eigenvalue weighted by Crippen LogP contribution is -2.38. The van der Waals surface area contributed by atoms with E-state index in [1.54, 1.807) is 23.0 Å². The Morgan fingerprint density at radius 2 is 2.10 bits per heavy atom. The van der Waals surface area contributed by atoms with Gasteiger partial charge in [-0.3, -0.25) is 4.98 Å². The summed E-state index contributed by atoms with van der Waals surface area (Å²) >= 11 is 0. The smallest absolute Gasteiger partial charge is 0.165 e. The number of aromatic nitrogens is 5. The van der Waals surface area contributed by atoms with E-state index in [0.717, 1.165) is 48.4 Å². The molecule has 4 aromatic heterocycles. The molecule has 0 bridgehead atoms. The third-order valence-electron chi connectivity index (χ3n) is 5.06. The van der Waals surface area contributed by atoms with Gasteiger partial charge >= 0.3 is 0 Å². The number of rotatable bonds is 4. The molecule has 29 heavy (non-hydrogen) atoms. The second kappa shape index (κ2) is 7.48. The molecule has 0 aromatic carbocycles. The van der Waals surface area contributed by atoms with Gasteiger partial charge in [-0.25, -0.2) is 14.5 Å². The van der Waals surface area contributed by atoms with Crippen LogP contribution in [0.5, 0.6) is 5.75 Å². The molecule has 0 amide bonds. The minimum absolute atomic E-state index is 0.102. The number of fused-ring (bicyclic) bond motifs is 1. The quantitative estimate of drug-likeness (QED) is 0.495. The fourth-order valence-corrected chi connectivity index (χ4v) is 3.65. The molecule has 5 heterocycles. The zero-order valence-electron chi connectivity index (χ0n) is 15.8. The summed E-state index contributed by atoms with van der Waals surface area (Å²) in [6.07, 6.45) is 8.99. The van der Waals surface area contributed by atoms with E-state index in [2.05, 4.69) is 20.7 Å². The minimum Gasteiger partial charge on any atom is -0.506 e. The second-order valence-electron chi connectivity index (χ2n) is 7.17. The number of nitrogens with zero attached hydrogens (tertiary/aromatic N) is 5. The highest BCUT2D eigenvalue weighted by Gasteiger charge is 2.17. The predicted octanol–water partition coefficient (Wildman–Crippen LogP) is 2.72. The monoisotopic (exact) mass is 387 g/mol. The topological polar surface area (TPSA) is 100 Å². The third-order valence-corrected chi connectivity index (χ3v) is 5.06. The summed E-state index contributed by atoms with van der Waals surface area (Å²) in [5.74, 6) is 1.43. The van der Waals surface area contributed by atoms with Gasteiger partial charge in [0.2, 0.25) is 0 Å². The van der Waals surface area contributed by atoms with Gasteiger partial charge in [-0.2, -0.15) is 5.10 Å². The van der Waals surface area contributed by atoms with Crippen LogP contribution >= 0.6 is 0 Å². The zero-order chi connectivity index (χ0) is 19.6. The Morgan fingerprint density at radius 1 is 1.14 bits per heavy atom. The Bertz CT molecular complexity index is 1150. The average molecular weight is 387 g/mol. The van der Waals surface area contributed by atoms with Crippen LogP contribution in [-0.2, 0) is 0 Å². The summed E-state index contributed by atoms with van der Waals surface area (Å²) in [6.45, 7) is 1.95. The van der Waals surface area contributed by atoms with Gasteiger partial charge in [0.1, 0.15) is 11.6 Å². The molecule has 1 saturated heterocycles. The largest absolute Gasteiger partial charge is 0.506 e. The van der Waals surface area contributed by atoms with Crippen molar-refractivity contribution in [1.29, 1.82) is 0 Å². The van der Waals surface area contributed by atoms with Crippen LogP contribution in [0, 0.1) is 0 Å².